The van der Waals surface area contributed by atoms with Crippen LogP contribution in [0.3, 0.4) is 0 Å². The second-order valence-corrected chi connectivity index (χ2v) is 5.89. The summed E-state index contributed by atoms with van der Waals surface area (Å²) >= 11 is 0. The molecule has 0 aromatic heterocycles. The number of piperazine rings is 1. The Morgan fingerprint density at radius 3 is 2.37 bits per heavy atom. The number of carboxylic acid groups (broad SMARTS) is 1. The highest BCUT2D eigenvalue weighted by atomic mass is 19.4. The van der Waals surface area contributed by atoms with Gasteiger partial charge in [0, 0.05) is 32.2 Å². The van der Waals surface area contributed by atoms with E-state index >= 15 is 0 Å². The van der Waals surface area contributed by atoms with Gasteiger partial charge in [-0.25, -0.2) is 0 Å². The number of aliphatic carboxylic acids is 1. The lowest BCUT2D eigenvalue weighted by atomic mass is 10.1. The summed E-state index contributed by atoms with van der Waals surface area (Å²) < 4.78 is 38.3. The predicted octanol–water partition coefficient (Wildman–Crippen LogP) is 0.936. The van der Waals surface area contributed by atoms with Crippen molar-refractivity contribution in [2.24, 2.45) is 0 Å². The van der Waals surface area contributed by atoms with Crippen LogP contribution in [-0.2, 0) is 15.8 Å². The maximum atomic E-state index is 12.8. The number of halogens is 3. The Morgan fingerprint density at radius 2 is 1.85 bits per heavy atom. The molecule has 1 aromatic carbocycles. The van der Waals surface area contributed by atoms with Crippen LogP contribution in [0.15, 0.2) is 18.2 Å². The summed E-state index contributed by atoms with van der Waals surface area (Å²) in [6.07, 6.45) is -4.68. The molecule has 1 aliphatic heterocycles. The van der Waals surface area contributed by atoms with Crippen molar-refractivity contribution in [3.05, 3.63) is 33.9 Å². The molecule has 12 heteroatoms. The Morgan fingerprint density at radius 1 is 1.22 bits per heavy atom. The first-order valence-electron chi connectivity index (χ1n) is 7.89. The number of nitrogens with zero attached hydrogens (tertiary/aromatic N) is 3. The molecule has 9 nitrogen and oxygen atoms in total. The van der Waals surface area contributed by atoms with E-state index in [4.69, 9.17) is 5.11 Å². The van der Waals surface area contributed by atoms with Gasteiger partial charge in [-0.15, -0.1) is 0 Å². The number of carboxylic acids is 1. The zero-order valence-electron chi connectivity index (χ0n) is 14.0. The van der Waals surface area contributed by atoms with E-state index in [2.05, 4.69) is 5.32 Å². The average Bonchev–Trinajstić information content (AvgIpc) is 2.59. The Bertz CT molecular complexity index is 733. The number of amides is 1. The Balaban J connectivity index is 2.02. The van der Waals surface area contributed by atoms with Crippen LogP contribution in [0.4, 0.5) is 24.5 Å². The number of rotatable bonds is 6. The Labute approximate surface area is 151 Å². The summed E-state index contributed by atoms with van der Waals surface area (Å²) in [5, 5.41) is 21.9. The van der Waals surface area contributed by atoms with Gasteiger partial charge in [0.1, 0.15) is 12.2 Å². The third kappa shape index (κ3) is 5.54. The summed E-state index contributed by atoms with van der Waals surface area (Å²) in [5.74, 6) is -1.63. The third-order valence-electron chi connectivity index (χ3n) is 4.02. The van der Waals surface area contributed by atoms with Crippen molar-refractivity contribution in [3.63, 3.8) is 0 Å². The molecule has 1 saturated heterocycles. The summed E-state index contributed by atoms with van der Waals surface area (Å²) in [6.45, 7) is 0.723. The first kappa shape index (κ1) is 20.4. The minimum Gasteiger partial charge on any atom is -0.480 e. The molecule has 1 aliphatic rings. The number of nitro benzene ring substituents is 1. The third-order valence-corrected chi connectivity index (χ3v) is 4.02. The fourth-order valence-electron chi connectivity index (χ4n) is 2.69. The van der Waals surface area contributed by atoms with Crippen LogP contribution in [0.5, 0.6) is 0 Å². The van der Waals surface area contributed by atoms with Crippen LogP contribution in [-0.4, -0.2) is 66.1 Å². The fourth-order valence-corrected chi connectivity index (χ4v) is 2.69. The number of anilines is 1. The number of nitro groups is 1. The molecule has 0 unspecified atom stereocenters. The zero-order valence-corrected chi connectivity index (χ0v) is 14.0. The SMILES string of the molecule is O=C(O)CNC(=O)CN1CCN(c2ccc(C(F)(F)F)cc2[N+](=O)[O-])CC1. The first-order valence-corrected chi connectivity index (χ1v) is 7.89. The average molecular weight is 390 g/mol. The predicted molar refractivity (Wildman–Crippen MR) is 87.4 cm³/mol. The van der Waals surface area contributed by atoms with Crippen molar-refractivity contribution < 1.29 is 32.8 Å². The second kappa shape index (κ2) is 8.20. The molecule has 2 rings (SSSR count). The number of hydrogen-bond donors (Lipinski definition) is 2. The molecule has 0 atom stereocenters. The molecule has 1 fully saturated rings. The van der Waals surface area contributed by atoms with Crippen molar-refractivity contribution in [1.29, 1.82) is 0 Å². The van der Waals surface area contributed by atoms with Crippen LogP contribution >= 0.6 is 0 Å². The van der Waals surface area contributed by atoms with Crippen LogP contribution in [0, 0.1) is 10.1 Å². The summed E-state index contributed by atoms with van der Waals surface area (Å²) in [6, 6.07) is 2.39. The zero-order chi connectivity index (χ0) is 20.2. The smallest absolute Gasteiger partial charge is 0.416 e. The van der Waals surface area contributed by atoms with Crippen LogP contribution in [0.25, 0.3) is 0 Å². The molecular formula is C15H17F3N4O5. The van der Waals surface area contributed by atoms with Gasteiger partial charge in [0.05, 0.1) is 17.0 Å². The highest BCUT2D eigenvalue weighted by Crippen LogP contribution is 2.36. The van der Waals surface area contributed by atoms with Crippen molar-refractivity contribution in [2.75, 3.05) is 44.2 Å². The largest absolute Gasteiger partial charge is 0.480 e. The maximum absolute atomic E-state index is 12.8. The van der Waals surface area contributed by atoms with Crippen molar-refractivity contribution in [1.82, 2.24) is 10.2 Å². The van der Waals surface area contributed by atoms with Gasteiger partial charge in [-0.1, -0.05) is 0 Å². The lowest BCUT2D eigenvalue weighted by Crippen LogP contribution is -2.50. The van der Waals surface area contributed by atoms with Crippen molar-refractivity contribution in [3.8, 4) is 0 Å². The van der Waals surface area contributed by atoms with E-state index in [1.807, 2.05) is 0 Å². The van der Waals surface area contributed by atoms with Gasteiger partial charge in [0.25, 0.3) is 5.69 Å². The summed E-state index contributed by atoms with van der Waals surface area (Å²) in [7, 11) is 0. The van der Waals surface area contributed by atoms with Gasteiger partial charge in [0.2, 0.25) is 5.91 Å². The number of carbonyl (C=O) groups is 2. The summed E-state index contributed by atoms with van der Waals surface area (Å²) in [5.41, 5.74) is -1.63. The van der Waals surface area contributed by atoms with Crippen LogP contribution in [0.2, 0.25) is 0 Å². The number of hydrogen-bond acceptors (Lipinski definition) is 6. The van der Waals surface area contributed by atoms with E-state index < -0.39 is 40.8 Å². The van der Waals surface area contributed by atoms with Gasteiger partial charge in [-0.05, 0) is 12.1 Å². The minimum atomic E-state index is -4.68. The standard InChI is InChI=1S/C15H17F3N4O5/c16-15(17,18)10-1-2-11(12(7-10)22(26)27)21-5-3-20(4-6-21)9-13(23)19-8-14(24)25/h1-2,7H,3-6,8-9H2,(H,19,23)(H,24,25). The van der Waals surface area contributed by atoms with E-state index in [9.17, 15) is 32.9 Å². The quantitative estimate of drug-likeness (QED) is 0.548. The number of carbonyl (C=O) groups excluding carboxylic acids is 1. The minimum absolute atomic E-state index is 0.0315. The molecule has 1 aromatic rings. The molecule has 0 aliphatic carbocycles. The molecule has 0 spiro atoms. The first-order chi connectivity index (χ1) is 12.6. The van der Waals surface area contributed by atoms with Crippen molar-refractivity contribution in [2.45, 2.75) is 6.18 Å². The van der Waals surface area contributed by atoms with Gasteiger partial charge < -0.3 is 15.3 Å². The molecule has 2 N–H and O–H groups in total. The van der Waals surface area contributed by atoms with E-state index in [0.29, 0.717) is 19.2 Å². The Hall–Kier alpha value is -2.89. The number of benzene rings is 1. The molecular weight excluding hydrogens is 373 g/mol. The van der Waals surface area contributed by atoms with Gasteiger partial charge in [-0.2, -0.15) is 13.2 Å². The lowest BCUT2D eigenvalue weighted by Gasteiger charge is -2.35. The molecule has 27 heavy (non-hydrogen) atoms. The van der Waals surface area contributed by atoms with Crippen LogP contribution < -0.4 is 10.2 Å². The topological polar surface area (TPSA) is 116 Å². The van der Waals surface area contributed by atoms with E-state index in [0.717, 1.165) is 12.1 Å². The monoisotopic (exact) mass is 390 g/mol. The Kier molecular flexibility index (Phi) is 6.20. The fraction of sp³-hybridized carbons (Fsp3) is 0.467. The molecule has 0 radical (unpaired) electrons. The van der Waals surface area contributed by atoms with E-state index in [-0.39, 0.29) is 25.3 Å². The van der Waals surface area contributed by atoms with Gasteiger partial charge >= 0.3 is 12.1 Å². The molecule has 0 bridgehead atoms. The molecule has 0 saturated carbocycles. The van der Waals surface area contributed by atoms with Gasteiger partial charge in [-0.3, -0.25) is 24.6 Å². The molecule has 1 heterocycles. The van der Waals surface area contributed by atoms with Crippen molar-refractivity contribution >= 4 is 23.3 Å². The molecule has 148 valence electrons. The van der Waals surface area contributed by atoms with Gasteiger partial charge in [0.15, 0.2) is 0 Å². The summed E-state index contributed by atoms with van der Waals surface area (Å²) in [4.78, 5) is 35.7. The number of nitrogens with one attached hydrogen (secondary N) is 1. The second-order valence-electron chi connectivity index (χ2n) is 5.89. The maximum Gasteiger partial charge on any atom is 0.416 e. The lowest BCUT2D eigenvalue weighted by molar-refractivity contribution is -0.384. The normalized spacial score (nSPS) is 15.4. The number of alkyl halides is 3. The van der Waals surface area contributed by atoms with Crippen LogP contribution in [0.1, 0.15) is 5.56 Å². The highest BCUT2D eigenvalue weighted by molar-refractivity contribution is 5.82. The molecule has 1 amide bonds. The highest BCUT2D eigenvalue weighted by Gasteiger charge is 2.34. The van der Waals surface area contributed by atoms with E-state index in [1.165, 1.54) is 0 Å². The van der Waals surface area contributed by atoms with E-state index in [1.54, 1.807) is 9.80 Å².